The van der Waals surface area contributed by atoms with Gasteiger partial charge >= 0.3 is 5.97 Å². The number of aromatic carboxylic acids is 1. The molecule has 5 rings (SSSR count). The van der Waals surface area contributed by atoms with E-state index in [0.717, 1.165) is 28.7 Å². The fourth-order valence-corrected chi connectivity index (χ4v) is 4.74. The van der Waals surface area contributed by atoms with Gasteiger partial charge in [0.1, 0.15) is 22.1 Å². The first-order chi connectivity index (χ1) is 16.0. The first kappa shape index (κ1) is 20.8. The van der Waals surface area contributed by atoms with Crippen LogP contribution >= 0.6 is 11.3 Å². The number of benzene rings is 2. The second kappa shape index (κ2) is 8.48. The van der Waals surface area contributed by atoms with Crippen molar-refractivity contribution in [3.63, 3.8) is 0 Å². The number of fused-ring (bicyclic) bond motifs is 2. The number of carboxylic acid groups (broad SMARTS) is 1. The molecule has 0 bridgehead atoms. The Morgan fingerprint density at radius 3 is 2.82 bits per heavy atom. The number of anilines is 1. The lowest BCUT2D eigenvalue weighted by Crippen LogP contribution is -2.19. The van der Waals surface area contributed by atoms with Crippen LogP contribution in [0.2, 0.25) is 0 Å². The van der Waals surface area contributed by atoms with Gasteiger partial charge in [0, 0.05) is 16.3 Å². The molecule has 2 aromatic heterocycles. The Labute approximate surface area is 192 Å². The van der Waals surface area contributed by atoms with E-state index in [4.69, 9.17) is 13.9 Å². The zero-order valence-electron chi connectivity index (χ0n) is 17.6. The molecule has 0 spiro atoms. The first-order valence-electron chi connectivity index (χ1n) is 10.2. The van der Waals surface area contributed by atoms with Gasteiger partial charge in [0.15, 0.2) is 17.1 Å². The summed E-state index contributed by atoms with van der Waals surface area (Å²) in [4.78, 5) is 25.1. The van der Waals surface area contributed by atoms with Crippen molar-refractivity contribution in [2.45, 2.75) is 12.8 Å². The average Bonchev–Trinajstić information content (AvgIpc) is 3.36. The Morgan fingerprint density at radius 1 is 1.15 bits per heavy atom. The van der Waals surface area contributed by atoms with Crippen molar-refractivity contribution in [1.29, 1.82) is 0 Å². The topological polar surface area (TPSA) is 98.0 Å². The first-order valence-corrected chi connectivity index (χ1v) is 11.1. The number of carbonyl (C=O) groups excluding carboxylic acids is 1. The van der Waals surface area contributed by atoms with Crippen LogP contribution in [-0.4, -0.2) is 24.1 Å². The van der Waals surface area contributed by atoms with E-state index in [1.807, 2.05) is 36.4 Å². The van der Waals surface area contributed by atoms with E-state index in [1.54, 1.807) is 30.7 Å². The van der Waals surface area contributed by atoms with E-state index in [0.29, 0.717) is 34.8 Å². The number of rotatable bonds is 5. The van der Waals surface area contributed by atoms with Crippen LogP contribution in [0.5, 0.6) is 11.5 Å². The van der Waals surface area contributed by atoms with Crippen molar-refractivity contribution in [2.24, 2.45) is 0 Å². The quantitative estimate of drug-likeness (QED) is 0.395. The number of amides is 1. The van der Waals surface area contributed by atoms with Crippen LogP contribution in [0.15, 0.2) is 70.2 Å². The molecule has 4 aromatic rings. The molecule has 0 radical (unpaired) electrons. The Bertz CT molecular complexity index is 1410. The van der Waals surface area contributed by atoms with Crippen molar-refractivity contribution in [3.8, 4) is 22.8 Å². The number of nitrogens with one attached hydrogen (secondary N) is 1. The molecule has 2 N–H and O–H groups in total. The number of hydrogen-bond donors (Lipinski definition) is 2. The Morgan fingerprint density at radius 2 is 2.00 bits per heavy atom. The fourth-order valence-electron chi connectivity index (χ4n) is 3.81. The molecule has 166 valence electrons. The third-order valence-electron chi connectivity index (χ3n) is 5.39. The molecule has 0 unspecified atom stereocenters. The summed E-state index contributed by atoms with van der Waals surface area (Å²) in [6, 6.07) is 14.7. The molecule has 3 heterocycles. The summed E-state index contributed by atoms with van der Waals surface area (Å²) >= 11 is 1.12. The van der Waals surface area contributed by atoms with Crippen LogP contribution in [-0.2, 0) is 11.2 Å². The molecule has 0 saturated carbocycles. The van der Waals surface area contributed by atoms with E-state index in [2.05, 4.69) is 5.32 Å². The smallest absolute Gasteiger partial charge is 0.339 e. The molecule has 1 aliphatic heterocycles. The third kappa shape index (κ3) is 3.85. The number of allylic oxidation sites excluding steroid dienone is 1. The number of thiophene rings is 1. The third-order valence-corrected chi connectivity index (χ3v) is 6.28. The maximum absolute atomic E-state index is 12.9. The number of aryl methyl sites for hydroxylation is 1. The Kier molecular flexibility index (Phi) is 5.35. The molecule has 0 fully saturated rings. The highest BCUT2D eigenvalue weighted by Gasteiger charge is 2.25. The number of ether oxygens (including phenoxy) is 2. The van der Waals surface area contributed by atoms with Crippen LogP contribution in [0.3, 0.4) is 0 Å². The lowest BCUT2D eigenvalue weighted by molar-refractivity contribution is -0.114. The monoisotopic (exact) mass is 461 g/mol. The van der Waals surface area contributed by atoms with Gasteiger partial charge in [-0.2, -0.15) is 0 Å². The molecule has 0 atom stereocenters. The van der Waals surface area contributed by atoms with Gasteiger partial charge in [0.2, 0.25) is 0 Å². The second-order valence-electron chi connectivity index (χ2n) is 7.42. The maximum Gasteiger partial charge on any atom is 0.339 e. The van der Waals surface area contributed by atoms with Crippen LogP contribution in [0.1, 0.15) is 22.3 Å². The van der Waals surface area contributed by atoms with Gasteiger partial charge in [0.25, 0.3) is 5.91 Å². The van der Waals surface area contributed by atoms with Gasteiger partial charge in [-0.1, -0.05) is 30.3 Å². The average molecular weight is 461 g/mol. The highest BCUT2D eigenvalue weighted by atomic mass is 32.1. The van der Waals surface area contributed by atoms with Crippen molar-refractivity contribution in [1.82, 2.24) is 0 Å². The molecular weight excluding hydrogens is 442 g/mol. The van der Waals surface area contributed by atoms with Crippen molar-refractivity contribution in [2.75, 3.05) is 12.4 Å². The molecule has 0 aliphatic carbocycles. The molecule has 1 amide bonds. The summed E-state index contributed by atoms with van der Waals surface area (Å²) in [6.07, 6.45) is 3.11. The van der Waals surface area contributed by atoms with Crippen molar-refractivity contribution >= 4 is 39.2 Å². The second-order valence-corrected chi connectivity index (χ2v) is 8.30. The zero-order chi connectivity index (χ0) is 22.9. The largest absolute Gasteiger partial charge is 0.493 e. The number of hydrogen-bond acceptors (Lipinski definition) is 6. The highest BCUT2D eigenvalue weighted by Crippen LogP contribution is 2.40. The fraction of sp³-hybridized carbons (Fsp3) is 0.120. The molecule has 0 saturated heterocycles. The van der Waals surface area contributed by atoms with Crippen LogP contribution in [0.4, 0.5) is 5.00 Å². The van der Waals surface area contributed by atoms with Gasteiger partial charge in [-0.05, 0) is 42.7 Å². The van der Waals surface area contributed by atoms with E-state index in [-0.39, 0.29) is 16.3 Å². The standard InChI is InChI=1S/C25H19NO6S/c1-30-18-10-5-8-15-12-20(32-22(15)18)16-13-33-24(21(16)25(28)29)26-23(27)19-11-4-7-14-6-2-3-9-17(14)31-19/h2-3,5-6,8-13H,4,7H2,1H3,(H,26,27)(H,28,29). The summed E-state index contributed by atoms with van der Waals surface area (Å²) in [5.74, 6) is 0.0150. The van der Waals surface area contributed by atoms with E-state index in [1.165, 1.54) is 0 Å². The highest BCUT2D eigenvalue weighted by molar-refractivity contribution is 7.15. The summed E-state index contributed by atoms with van der Waals surface area (Å²) < 4.78 is 17.1. The SMILES string of the molecule is COc1cccc2cc(-c3csc(NC(=O)C4=CCCc5ccccc5O4)c3C(=O)O)oc12. The minimum absolute atomic E-state index is 0.0407. The summed E-state index contributed by atoms with van der Waals surface area (Å²) in [5, 5.41) is 15.3. The Balaban J connectivity index is 1.46. The van der Waals surface area contributed by atoms with Crippen LogP contribution < -0.4 is 14.8 Å². The Hall–Kier alpha value is -4.04. The molecule has 2 aromatic carbocycles. The van der Waals surface area contributed by atoms with Crippen LogP contribution in [0.25, 0.3) is 22.3 Å². The van der Waals surface area contributed by atoms with E-state index < -0.39 is 11.9 Å². The van der Waals surface area contributed by atoms with Gasteiger partial charge in [-0.3, -0.25) is 4.79 Å². The molecular formula is C25H19NO6S. The van der Waals surface area contributed by atoms with Gasteiger partial charge < -0.3 is 24.3 Å². The predicted octanol–water partition coefficient (Wildman–Crippen LogP) is 5.72. The van der Waals surface area contributed by atoms with E-state index >= 15 is 0 Å². The number of carboxylic acids is 1. The zero-order valence-corrected chi connectivity index (χ0v) is 18.4. The summed E-state index contributed by atoms with van der Waals surface area (Å²) in [7, 11) is 1.54. The summed E-state index contributed by atoms with van der Waals surface area (Å²) in [5.41, 5.74) is 1.88. The molecule has 8 heteroatoms. The number of carbonyl (C=O) groups is 2. The maximum atomic E-state index is 12.9. The number of para-hydroxylation sites is 2. The summed E-state index contributed by atoms with van der Waals surface area (Å²) in [6.45, 7) is 0. The van der Waals surface area contributed by atoms with Gasteiger partial charge in [-0.15, -0.1) is 11.3 Å². The molecule has 33 heavy (non-hydrogen) atoms. The lowest BCUT2D eigenvalue weighted by Gasteiger charge is -2.11. The van der Waals surface area contributed by atoms with Crippen molar-refractivity contribution < 1.29 is 28.6 Å². The number of furan rings is 1. The van der Waals surface area contributed by atoms with Crippen molar-refractivity contribution in [3.05, 3.63) is 76.9 Å². The van der Waals surface area contributed by atoms with Gasteiger partial charge in [0.05, 0.1) is 7.11 Å². The normalized spacial score (nSPS) is 12.9. The lowest BCUT2D eigenvalue weighted by atomic mass is 10.1. The predicted molar refractivity (Wildman–Crippen MR) is 125 cm³/mol. The number of methoxy groups -OCH3 is 1. The molecule has 7 nitrogen and oxygen atoms in total. The minimum Gasteiger partial charge on any atom is -0.493 e. The van der Waals surface area contributed by atoms with Gasteiger partial charge in [-0.25, -0.2) is 4.79 Å². The van der Waals surface area contributed by atoms with Crippen LogP contribution in [0, 0.1) is 0 Å². The minimum atomic E-state index is -1.17. The van der Waals surface area contributed by atoms with E-state index in [9.17, 15) is 14.7 Å². The molecule has 1 aliphatic rings.